The van der Waals surface area contributed by atoms with Gasteiger partial charge in [-0.2, -0.15) is 0 Å². The van der Waals surface area contributed by atoms with E-state index in [9.17, 15) is 5.11 Å². The standard InChI is InChI=1S/C14H20N4O/c1-11-15-16-14(18(11)3)10-17(2)9-13(19)12-7-5-4-6-8-12/h4-8,13,19H,9-10H2,1-3H3. The number of aryl methyl sites for hydroxylation is 1. The molecule has 0 bridgehead atoms. The molecule has 19 heavy (non-hydrogen) atoms. The van der Waals surface area contributed by atoms with Crippen molar-refractivity contribution >= 4 is 0 Å². The summed E-state index contributed by atoms with van der Waals surface area (Å²) in [6, 6.07) is 9.69. The van der Waals surface area contributed by atoms with Crippen LogP contribution in [0.2, 0.25) is 0 Å². The van der Waals surface area contributed by atoms with Gasteiger partial charge in [-0.1, -0.05) is 30.3 Å². The third-order valence-electron chi connectivity index (χ3n) is 3.26. The van der Waals surface area contributed by atoms with Gasteiger partial charge >= 0.3 is 0 Å². The minimum atomic E-state index is -0.486. The molecule has 0 aliphatic rings. The van der Waals surface area contributed by atoms with Crippen LogP contribution in [0.4, 0.5) is 0 Å². The molecular weight excluding hydrogens is 240 g/mol. The molecule has 0 radical (unpaired) electrons. The van der Waals surface area contributed by atoms with Gasteiger partial charge in [-0.25, -0.2) is 0 Å². The predicted molar refractivity (Wildman–Crippen MR) is 73.5 cm³/mol. The summed E-state index contributed by atoms with van der Waals surface area (Å²) in [5.41, 5.74) is 0.934. The van der Waals surface area contributed by atoms with Crippen molar-refractivity contribution in [2.75, 3.05) is 13.6 Å². The van der Waals surface area contributed by atoms with Crippen molar-refractivity contribution in [3.05, 3.63) is 47.5 Å². The molecule has 1 N–H and O–H groups in total. The molecule has 102 valence electrons. The third-order valence-corrected chi connectivity index (χ3v) is 3.26. The van der Waals surface area contributed by atoms with Gasteiger partial charge in [0.2, 0.25) is 0 Å². The van der Waals surface area contributed by atoms with E-state index < -0.39 is 6.10 Å². The number of hydrogen-bond donors (Lipinski definition) is 1. The molecule has 2 aromatic rings. The second-order valence-electron chi connectivity index (χ2n) is 4.85. The molecular formula is C14H20N4O. The van der Waals surface area contributed by atoms with Crippen molar-refractivity contribution in [3.63, 3.8) is 0 Å². The zero-order valence-corrected chi connectivity index (χ0v) is 11.6. The van der Waals surface area contributed by atoms with E-state index in [-0.39, 0.29) is 0 Å². The monoisotopic (exact) mass is 260 g/mol. The Morgan fingerprint density at radius 2 is 1.95 bits per heavy atom. The van der Waals surface area contributed by atoms with E-state index in [0.717, 1.165) is 17.2 Å². The quantitative estimate of drug-likeness (QED) is 0.880. The molecule has 0 aliphatic heterocycles. The van der Waals surface area contributed by atoms with Gasteiger partial charge in [0.05, 0.1) is 12.6 Å². The van der Waals surface area contributed by atoms with E-state index in [0.29, 0.717) is 13.1 Å². The summed E-state index contributed by atoms with van der Waals surface area (Å²) in [7, 11) is 3.92. The van der Waals surface area contributed by atoms with E-state index in [1.165, 1.54) is 0 Å². The highest BCUT2D eigenvalue weighted by Crippen LogP contribution is 2.14. The Bertz CT molecular complexity index is 523. The summed E-state index contributed by atoms with van der Waals surface area (Å²) in [6.07, 6.45) is -0.486. The lowest BCUT2D eigenvalue weighted by Gasteiger charge is -2.20. The predicted octanol–water partition coefficient (Wildman–Crippen LogP) is 1.29. The molecule has 0 amide bonds. The Balaban J connectivity index is 1.94. The van der Waals surface area contributed by atoms with Crippen molar-refractivity contribution in [2.45, 2.75) is 19.6 Å². The molecule has 1 unspecified atom stereocenters. The van der Waals surface area contributed by atoms with Gasteiger partial charge in [-0.3, -0.25) is 4.90 Å². The highest BCUT2D eigenvalue weighted by atomic mass is 16.3. The van der Waals surface area contributed by atoms with Crippen LogP contribution in [0, 0.1) is 6.92 Å². The van der Waals surface area contributed by atoms with Gasteiger partial charge in [-0.15, -0.1) is 10.2 Å². The molecule has 0 saturated carbocycles. The molecule has 0 fully saturated rings. The topological polar surface area (TPSA) is 54.2 Å². The first-order valence-electron chi connectivity index (χ1n) is 6.34. The van der Waals surface area contributed by atoms with Crippen LogP contribution in [0.25, 0.3) is 0 Å². The molecule has 1 heterocycles. The SMILES string of the molecule is Cc1nnc(CN(C)CC(O)c2ccccc2)n1C. The fourth-order valence-corrected chi connectivity index (χ4v) is 1.97. The van der Waals surface area contributed by atoms with Crippen LogP contribution < -0.4 is 0 Å². The lowest BCUT2D eigenvalue weighted by atomic mass is 10.1. The molecule has 0 saturated heterocycles. The van der Waals surface area contributed by atoms with E-state index >= 15 is 0 Å². The Labute approximate surface area is 113 Å². The van der Waals surface area contributed by atoms with Gasteiger partial charge in [0.15, 0.2) is 0 Å². The van der Waals surface area contributed by atoms with Crippen LogP contribution in [0.5, 0.6) is 0 Å². The van der Waals surface area contributed by atoms with Gasteiger partial charge in [0, 0.05) is 13.6 Å². The van der Waals surface area contributed by atoms with Gasteiger partial charge in [0.25, 0.3) is 0 Å². The number of aliphatic hydroxyl groups excluding tert-OH is 1. The third kappa shape index (κ3) is 3.39. The number of benzene rings is 1. The molecule has 0 aliphatic carbocycles. The summed E-state index contributed by atoms with van der Waals surface area (Å²) >= 11 is 0. The largest absolute Gasteiger partial charge is 0.387 e. The number of rotatable bonds is 5. The van der Waals surface area contributed by atoms with Crippen molar-refractivity contribution in [3.8, 4) is 0 Å². The zero-order chi connectivity index (χ0) is 13.8. The Morgan fingerprint density at radius 1 is 1.26 bits per heavy atom. The van der Waals surface area contributed by atoms with Crippen molar-refractivity contribution < 1.29 is 5.11 Å². The number of hydrogen-bond acceptors (Lipinski definition) is 4. The van der Waals surface area contributed by atoms with Crippen LogP contribution in [-0.4, -0.2) is 38.4 Å². The maximum absolute atomic E-state index is 10.2. The number of aromatic nitrogens is 3. The minimum absolute atomic E-state index is 0.486. The van der Waals surface area contributed by atoms with Crippen LogP contribution in [0.1, 0.15) is 23.3 Å². The lowest BCUT2D eigenvalue weighted by Crippen LogP contribution is -2.25. The number of aliphatic hydroxyl groups is 1. The fourth-order valence-electron chi connectivity index (χ4n) is 1.97. The summed E-state index contributed by atoms with van der Waals surface area (Å²) < 4.78 is 1.96. The van der Waals surface area contributed by atoms with E-state index in [2.05, 4.69) is 10.2 Å². The molecule has 1 aromatic heterocycles. The summed E-state index contributed by atoms with van der Waals surface area (Å²) in [4.78, 5) is 2.04. The highest BCUT2D eigenvalue weighted by Gasteiger charge is 2.13. The summed E-state index contributed by atoms with van der Waals surface area (Å²) in [6.45, 7) is 3.16. The number of likely N-dealkylation sites (N-methyl/N-ethyl adjacent to an activating group) is 1. The summed E-state index contributed by atoms with van der Waals surface area (Å²) in [5.74, 6) is 1.80. The molecule has 0 spiro atoms. The zero-order valence-electron chi connectivity index (χ0n) is 11.6. The van der Waals surface area contributed by atoms with E-state index in [4.69, 9.17) is 0 Å². The van der Waals surface area contributed by atoms with Crippen molar-refractivity contribution in [1.82, 2.24) is 19.7 Å². The molecule has 1 aromatic carbocycles. The van der Waals surface area contributed by atoms with Crippen LogP contribution in [0.3, 0.4) is 0 Å². The maximum Gasteiger partial charge on any atom is 0.146 e. The maximum atomic E-state index is 10.2. The lowest BCUT2D eigenvalue weighted by molar-refractivity contribution is 0.122. The molecule has 5 nitrogen and oxygen atoms in total. The van der Waals surface area contributed by atoms with Gasteiger partial charge in [0.1, 0.15) is 11.6 Å². The van der Waals surface area contributed by atoms with Gasteiger partial charge in [-0.05, 0) is 19.5 Å². The Kier molecular flexibility index (Phi) is 4.29. The van der Waals surface area contributed by atoms with Crippen molar-refractivity contribution in [1.29, 1.82) is 0 Å². The Morgan fingerprint density at radius 3 is 2.53 bits per heavy atom. The second-order valence-corrected chi connectivity index (χ2v) is 4.85. The average molecular weight is 260 g/mol. The van der Waals surface area contributed by atoms with Crippen LogP contribution in [-0.2, 0) is 13.6 Å². The van der Waals surface area contributed by atoms with Gasteiger partial charge < -0.3 is 9.67 Å². The first-order chi connectivity index (χ1) is 9.08. The van der Waals surface area contributed by atoms with E-state index in [1.54, 1.807) is 0 Å². The van der Waals surface area contributed by atoms with Crippen molar-refractivity contribution in [2.24, 2.45) is 7.05 Å². The normalized spacial score (nSPS) is 12.9. The first-order valence-corrected chi connectivity index (χ1v) is 6.34. The second kappa shape index (κ2) is 5.95. The molecule has 2 rings (SSSR count). The Hall–Kier alpha value is -1.72. The first kappa shape index (κ1) is 13.7. The fraction of sp³-hybridized carbons (Fsp3) is 0.429. The summed E-state index contributed by atoms with van der Waals surface area (Å²) in [5, 5.41) is 18.3. The van der Waals surface area contributed by atoms with E-state index in [1.807, 2.05) is 60.8 Å². The minimum Gasteiger partial charge on any atom is -0.387 e. The van der Waals surface area contributed by atoms with Crippen LogP contribution in [0.15, 0.2) is 30.3 Å². The molecule has 5 heteroatoms. The smallest absolute Gasteiger partial charge is 0.146 e. The highest BCUT2D eigenvalue weighted by molar-refractivity contribution is 5.17. The average Bonchev–Trinajstić information content (AvgIpc) is 2.71. The molecule has 1 atom stereocenters. The van der Waals surface area contributed by atoms with Crippen LogP contribution >= 0.6 is 0 Å². The number of nitrogens with zero attached hydrogens (tertiary/aromatic N) is 4.